The highest BCUT2D eigenvalue weighted by molar-refractivity contribution is 6.09. The highest BCUT2D eigenvalue weighted by Crippen LogP contribution is 2.47. The molecule has 43 heavy (non-hydrogen) atoms. The van der Waals surface area contributed by atoms with Crippen LogP contribution < -0.4 is 0 Å². The van der Waals surface area contributed by atoms with Crippen LogP contribution in [0.25, 0.3) is 66.9 Å². The molecule has 204 valence electrons. The zero-order chi connectivity index (χ0) is 28.7. The van der Waals surface area contributed by atoms with Crippen LogP contribution in [0.5, 0.6) is 0 Å². The lowest BCUT2D eigenvalue weighted by molar-refractivity contribution is 0.628. The topological polar surface area (TPSA) is 35.6 Å². The van der Waals surface area contributed by atoms with Crippen molar-refractivity contribution in [3.05, 3.63) is 145 Å². The van der Waals surface area contributed by atoms with E-state index in [-0.39, 0.29) is 5.41 Å². The average Bonchev–Trinajstić information content (AvgIpc) is 3.61. The molecule has 3 aromatic heterocycles. The molecule has 0 unspecified atom stereocenters. The maximum atomic E-state index is 5.25. The van der Waals surface area contributed by atoms with Gasteiger partial charge in [-0.05, 0) is 65.7 Å². The number of hydrogen-bond acceptors (Lipinski definition) is 2. The second kappa shape index (κ2) is 8.76. The Kier molecular flexibility index (Phi) is 4.92. The summed E-state index contributed by atoms with van der Waals surface area (Å²) in [6.45, 7) is 4.68. The molecule has 0 radical (unpaired) electrons. The van der Waals surface area contributed by atoms with Gasteiger partial charge in [0.25, 0.3) is 0 Å². The normalized spacial score (nSPS) is 13.5. The van der Waals surface area contributed by atoms with E-state index in [0.29, 0.717) is 0 Å². The van der Waals surface area contributed by atoms with Crippen LogP contribution in [-0.4, -0.2) is 19.1 Å². The summed E-state index contributed by atoms with van der Waals surface area (Å²) < 4.78 is 4.78. The number of rotatable bonds is 3. The van der Waals surface area contributed by atoms with E-state index in [2.05, 4.69) is 143 Å². The second-order valence-electron chi connectivity index (χ2n) is 11.9. The molecule has 4 heterocycles. The Morgan fingerprint density at radius 3 is 2.07 bits per heavy atom. The summed E-state index contributed by atoms with van der Waals surface area (Å²) in [6.07, 6.45) is 1.84. The van der Waals surface area contributed by atoms with Gasteiger partial charge < -0.3 is 4.57 Å². The van der Waals surface area contributed by atoms with Crippen molar-refractivity contribution in [2.45, 2.75) is 19.3 Å². The third kappa shape index (κ3) is 3.38. The predicted molar refractivity (Wildman–Crippen MR) is 176 cm³/mol. The first kappa shape index (κ1) is 24.2. The minimum atomic E-state index is -0.216. The Morgan fingerprint density at radius 1 is 0.581 bits per heavy atom. The molecule has 0 atom stereocenters. The van der Waals surface area contributed by atoms with Gasteiger partial charge in [0.2, 0.25) is 0 Å². The van der Waals surface area contributed by atoms with E-state index in [1.807, 2.05) is 18.3 Å². The van der Waals surface area contributed by atoms with Crippen LogP contribution in [0.4, 0.5) is 0 Å². The van der Waals surface area contributed by atoms with E-state index in [9.17, 15) is 0 Å². The van der Waals surface area contributed by atoms with Gasteiger partial charge in [-0.2, -0.15) is 0 Å². The molecule has 0 saturated heterocycles. The molecule has 8 aromatic rings. The second-order valence-corrected chi connectivity index (χ2v) is 11.9. The first-order chi connectivity index (χ1) is 21.1. The predicted octanol–water partition coefficient (Wildman–Crippen LogP) is 9.49. The fraction of sp³-hybridized carbons (Fsp3) is 0.0769. The molecular weight excluding hydrogens is 524 g/mol. The molecule has 0 saturated carbocycles. The van der Waals surface area contributed by atoms with Gasteiger partial charge in [-0.1, -0.05) is 86.6 Å². The molecule has 0 spiro atoms. The Balaban J connectivity index is 1.31. The van der Waals surface area contributed by atoms with Crippen molar-refractivity contribution in [1.29, 1.82) is 0 Å². The third-order valence-corrected chi connectivity index (χ3v) is 9.16. The third-order valence-electron chi connectivity index (χ3n) is 9.16. The number of fused-ring (bicyclic) bond motifs is 5. The van der Waals surface area contributed by atoms with Crippen molar-refractivity contribution in [2.24, 2.45) is 0 Å². The molecule has 9 rings (SSSR count). The van der Waals surface area contributed by atoms with Gasteiger partial charge in [0.05, 0.1) is 33.4 Å². The van der Waals surface area contributed by atoms with Crippen LogP contribution in [0, 0.1) is 0 Å². The van der Waals surface area contributed by atoms with Crippen molar-refractivity contribution < 1.29 is 0 Å². The summed E-state index contributed by atoms with van der Waals surface area (Å²) in [4.78, 5) is 9.84. The largest absolute Gasteiger partial charge is 0.309 e. The summed E-state index contributed by atoms with van der Waals surface area (Å²) in [7, 11) is 0. The zero-order valence-electron chi connectivity index (χ0n) is 24.0. The molecule has 1 aliphatic heterocycles. The van der Waals surface area contributed by atoms with Gasteiger partial charge in [-0.15, -0.1) is 0 Å². The lowest BCUT2D eigenvalue weighted by atomic mass is 9.74. The average molecular weight is 553 g/mol. The maximum Gasteiger partial charge on any atom is 0.145 e. The van der Waals surface area contributed by atoms with Crippen molar-refractivity contribution in [2.75, 3.05) is 0 Å². The van der Waals surface area contributed by atoms with Crippen molar-refractivity contribution >= 4 is 32.8 Å². The van der Waals surface area contributed by atoms with E-state index in [1.165, 1.54) is 49.8 Å². The molecule has 0 fully saturated rings. The van der Waals surface area contributed by atoms with Crippen LogP contribution in [0.15, 0.2) is 134 Å². The molecule has 1 aliphatic rings. The molecule has 0 aliphatic carbocycles. The highest BCUT2D eigenvalue weighted by atomic mass is 15.1. The van der Waals surface area contributed by atoms with E-state index in [0.717, 1.165) is 28.2 Å². The number of benzene rings is 5. The quantitative estimate of drug-likeness (QED) is 0.219. The lowest BCUT2D eigenvalue weighted by Gasteiger charge is -2.35. The minimum absolute atomic E-state index is 0.216. The van der Waals surface area contributed by atoms with Crippen LogP contribution in [0.3, 0.4) is 0 Å². The van der Waals surface area contributed by atoms with Crippen LogP contribution in [0.2, 0.25) is 0 Å². The summed E-state index contributed by atoms with van der Waals surface area (Å²) in [5.41, 5.74) is 12.4. The Labute approximate surface area is 249 Å². The fourth-order valence-corrected chi connectivity index (χ4v) is 7.11. The molecule has 4 nitrogen and oxygen atoms in total. The standard InChI is InChI=1S/C39H28N4/c1-39(2)30-15-10-17-33-37(30)43(38(41-33)26-12-9-11-25(23-26)32-16-7-8-22-40-32)36-21-20-27(24-31(36)39)42-34-18-5-3-13-28(34)29-14-4-6-19-35(29)42/h3-24H,1-2H3. The van der Waals surface area contributed by atoms with Crippen molar-refractivity contribution in [3.8, 4) is 34.0 Å². The van der Waals surface area contributed by atoms with E-state index >= 15 is 0 Å². The monoisotopic (exact) mass is 552 g/mol. The van der Waals surface area contributed by atoms with Crippen molar-refractivity contribution in [1.82, 2.24) is 19.1 Å². The first-order valence-electron chi connectivity index (χ1n) is 14.8. The van der Waals surface area contributed by atoms with Gasteiger partial charge in [-0.25, -0.2) is 4.98 Å². The highest BCUT2D eigenvalue weighted by Gasteiger charge is 2.36. The number of pyridine rings is 1. The van der Waals surface area contributed by atoms with E-state index in [4.69, 9.17) is 4.98 Å². The molecule has 0 N–H and O–H groups in total. The summed E-state index contributed by atoms with van der Waals surface area (Å²) in [5, 5.41) is 2.54. The fourth-order valence-electron chi connectivity index (χ4n) is 7.11. The number of aromatic nitrogens is 4. The number of para-hydroxylation sites is 3. The van der Waals surface area contributed by atoms with Gasteiger partial charge >= 0.3 is 0 Å². The van der Waals surface area contributed by atoms with Gasteiger partial charge in [-0.3, -0.25) is 9.55 Å². The molecule has 4 heteroatoms. The molecule has 0 amide bonds. The van der Waals surface area contributed by atoms with Crippen LogP contribution in [-0.2, 0) is 5.41 Å². The Morgan fingerprint density at radius 2 is 1.30 bits per heavy atom. The maximum absolute atomic E-state index is 5.25. The van der Waals surface area contributed by atoms with Gasteiger partial charge in [0.1, 0.15) is 5.82 Å². The van der Waals surface area contributed by atoms with E-state index < -0.39 is 0 Å². The van der Waals surface area contributed by atoms with Crippen LogP contribution >= 0.6 is 0 Å². The lowest BCUT2D eigenvalue weighted by Crippen LogP contribution is -2.26. The van der Waals surface area contributed by atoms with Gasteiger partial charge in [0.15, 0.2) is 0 Å². The summed E-state index contributed by atoms with van der Waals surface area (Å²) >= 11 is 0. The molecular formula is C39H28N4. The summed E-state index contributed by atoms with van der Waals surface area (Å²) in [6, 6.07) is 45.5. The molecule has 0 bridgehead atoms. The SMILES string of the molecule is CC1(C)c2cc(-n3c4ccccc4c4ccccc43)ccc2-n2c(-c3cccc(-c4ccccn4)c3)nc3cccc1c32. The number of nitrogens with zero attached hydrogens (tertiary/aromatic N) is 4. The molecule has 5 aromatic carbocycles. The minimum Gasteiger partial charge on any atom is -0.309 e. The number of hydrogen-bond donors (Lipinski definition) is 0. The Hall–Kier alpha value is -5.48. The summed E-state index contributed by atoms with van der Waals surface area (Å²) in [5.74, 6) is 0.946. The van der Waals surface area contributed by atoms with E-state index in [1.54, 1.807) is 0 Å². The zero-order valence-corrected chi connectivity index (χ0v) is 24.0. The van der Waals surface area contributed by atoms with Crippen LogP contribution in [0.1, 0.15) is 25.0 Å². The number of imidazole rings is 1. The Bertz CT molecular complexity index is 2320. The first-order valence-corrected chi connectivity index (χ1v) is 14.8. The smallest absolute Gasteiger partial charge is 0.145 e. The van der Waals surface area contributed by atoms with Gasteiger partial charge in [0, 0.05) is 39.2 Å². The van der Waals surface area contributed by atoms with Crippen molar-refractivity contribution in [3.63, 3.8) is 0 Å².